The van der Waals surface area contributed by atoms with Crippen LogP contribution in [0, 0.1) is 0 Å². The summed E-state index contributed by atoms with van der Waals surface area (Å²) < 4.78 is 5.36. The minimum absolute atomic E-state index is 0.195. The molecule has 2 N–H and O–H groups in total. The van der Waals surface area contributed by atoms with Crippen LogP contribution in [0.3, 0.4) is 0 Å². The van der Waals surface area contributed by atoms with Gasteiger partial charge in [-0.1, -0.05) is 12.1 Å². The van der Waals surface area contributed by atoms with E-state index in [1.165, 1.54) is 0 Å². The van der Waals surface area contributed by atoms with Crippen LogP contribution in [-0.4, -0.2) is 22.6 Å². The lowest BCUT2D eigenvalue weighted by molar-refractivity contribution is 0.0977. The van der Waals surface area contributed by atoms with Crippen LogP contribution in [0.2, 0.25) is 0 Å². The number of nitrogens with one attached hydrogen (secondary N) is 2. The Kier molecular flexibility index (Phi) is 5.22. The Bertz CT molecular complexity index is 632. The first kappa shape index (κ1) is 14.9. The van der Waals surface area contributed by atoms with Crippen LogP contribution in [0.4, 0.5) is 5.82 Å². The van der Waals surface area contributed by atoms with Gasteiger partial charge in [-0.3, -0.25) is 10.1 Å². The Balaban J connectivity index is 1.97. The number of hydrogen-bond acceptors (Lipinski definition) is 4. The molecule has 5 nitrogen and oxygen atoms in total. The van der Waals surface area contributed by atoms with Crippen molar-refractivity contribution in [1.82, 2.24) is 10.3 Å². The molecule has 6 heteroatoms. The summed E-state index contributed by atoms with van der Waals surface area (Å²) >= 11 is 5.08. The lowest BCUT2D eigenvalue weighted by Crippen LogP contribution is -2.34. The number of thiocarbonyl (C=S) groups is 1. The van der Waals surface area contributed by atoms with E-state index in [4.69, 9.17) is 17.0 Å². The molecular weight excluding hydrogens is 286 g/mol. The first-order valence-electron chi connectivity index (χ1n) is 6.45. The Morgan fingerprint density at radius 3 is 2.86 bits per heavy atom. The molecule has 0 saturated heterocycles. The summed E-state index contributed by atoms with van der Waals surface area (Å²) in [5.74, 6) is 0.921. The fourth-order valence-electron chi connectivity index (χ4n) is 1.65. The zero-order valence-corrected chi connectivity index (χ0v) is 12.3. The van der Waals surface area contributed by atoms with Gasteiger partial charge in [0.1, 0.15) is 11.6 Å². The number of carbonyl (C=O) groups is 1. The van der Waals surface area contributed by atoms with E-state index < -0.39 is 0 Å². The van der Waals surface area contributed by atoms with Crippen molar-refractivity contribution >= 4 is 29.1 Å². The molecule has 0 fully saturated rings. The maximum absolute atomic E-state index is 12.1. The molecule has 0 unspecified atom stereocenters. The van der Waals surface area contributed by atoms with Gasteiger partial charge in [0.15, 0.2) is 5.11 Å². The second-order valence-corrected chi connectivity index (χ2v) is 4.49. The maximum Gasteiger partial charge on any atom is 0.257 e. The van der Waals surface area contributed by atoms with E-state index in [9.17, 15) is 4.79 Å². The van der Waals surface area contributed by atoms with Crippen molar-refractivity contribution in [2.24, 2.45) is 0 Å². The van der Waals surface area contributed by atoms with Crippen LogP contribution in [-0.2, 0) is 0 Å². The van der Waals surface area contributed by atoms with Gasteiger partial charge < -0.3 is 10.1 Å². The highest BCUT2D eigenvalue weighted by atomic mass is 32.1. The minimum atomic E-state index is -0.301. The van der Waals surface area contributed by atoms with E-state index in [0.29, 0.717) is 23.7 Å². The molecule has 2 rings (SSSR count). The number of anilines is 1. The van der Waals surface area contributed by atoms with E-state index >= 15 is 0 Å². The van der Waals surface area contributed by atoms with Gasteiger partial charge in [0.05, 0.1) is 6.61 Å². The van der Waals surface area contributed by atoms with Crippen molar-refractivity contribution in [3.63, 3.8) is 0 Å². The largest absolute Gasteiger partial charge is 0.494 e. The molecule has 1 aromatic heterocycles. The van der Waals surface area contributed by atoms with Crippen LogP contribution < -0.4 is 15.4 Å². The van der Waals surface area contributed by atoms with Crippen LogP contribution in [0.1, 0.15) is 17.3 Å². The zero-order chi connectivity index (χ0) is 15.1. The van der Waals surface area contributed by atoms with Crippen LogP contribution in [0.15, 0.2) is 48.7 Å². The third kappa shape index (κ3) is 4.54. The SMILES string of the molecule is CCOc1cccc(C(=O)NC(=S)Nc2ccccn2)c1. The smallest absolute Gasteiger partial charge is 0.257 e. The zero-order valence-electron chi connectivity index (χ0n) is 11.5. The fraction of sp³-hybridized carbons (Fsp3) is 0.133. The molecule has 2 aromatic rings. The van der Waals surface area contributed by atoms with Gasteiger partial charge in [-0.2, -0.15) is 0 Å². The average molecular weight is 301 g/mol. The predicted octanol–water partition coefficient (Wildman–Crippen LogP) is 2.61. The molecule has 0 spiro atoms. The van der Waals surface area contributed by atoms with Crippen molar-refractivity contribution in [2.75, 3.05) is 11.9 Å². The first-order chi connectivity index (χ1) is 10.2. The van der Waals surface area contributed by atoms with Gasteiger partial charge in [-0.25, -0.2) is 4.98 Å². The van der Waals surface area contributed by atoms with Gasteiger partial charge >= 0.3 is 0 Å². The van der Waals surface area contributed by atoms with E-state index in [1.54, 1.807) is 42.6 Å². The molecule has 0 aliphatic carbocycles. The van der Waals surface area contributed by atoms with Crippen molar-refractivity contribution in [2.45, 2.75) is 6.92 Å². The Morgan fingerprint density at radius 1 is 1.29 bits per heavy atom. The summed E-state index contributed by atoms with van der Waals surface area (Å²) in [6, 6.07) is 12.3. The molecule has 1 aromatic carbocycles. The molecule has 0 saturated carbocycles. The predicted molar refractivity (Wildman–Crippen MR) is 85.5 cm³/mol. The topological polar surface area (TPSA) is 63.2 Å². The van der Waals surface area contributed by atoms with Crippen molar-refractivity contribution in [3.05, 3.63) is 54.2 Å². The molecule has 0 aliphatic heterocycles. The molecule has 0 bridgehead atoms. The monoisotopic (exact) mass is 301 g/mol. The number of amides is 1. The quantitative estimate of drug-likeness (QED) is 0.850. The minimum Gasteiger partial charge on any atom is -0.494 e. The Hall–Kier alpha value is -2.47. The molecule has 21 heavy (non-hydrogen) atoms. The summed E-state index contributed by atoms with van der Waals surface area (Å²) in [6.07, 6.45) is 1.64. The molecule has 1 heterocycles. The molecular formula is C15H15N3O2S. The fourth-order valence-corrected chi connectivity index (χ4v) is 1.85. The number of carbonyl (C=O) groups excluding carboxylic acids is 1. The van der Waals surface area contributed by atoms with Gasteiger partial charge in [-0.15, -0.1) is 0 Å². The molecule has 0 radical (unpaired) electrons. The normalized spacial score (nSPS) is 9.76. The number of hydrogen-bond donors (Lipinski definition) is 2. The summed E-state index contributed by atoms with van der Waals surface area (Å²) in [5, 5.41) is 5.63. The summed E-state index contributed by atoms with van der Waals surface area (Å²) in [6.45, 7) is 2.43. The van der Waals surface area contributed by atoms with Crippen LogP contribution in [0.5, 0.6) is 5.75 Å². The summed E-state index contributed by atoms with van der Waals surface area (Å²) in [5.41, 5.74) is 0.478. The highest BCUT2D eigenvalue weighted by Crippen LogP contribution is 2.13. The summed E-state index contributed by atoms with van der Waals surface area (Å²) in [7, 11) is 0. The highest BCUT2D eigenvalue weighted by Gasteiger charge is 2.09. The van der Waals surface area contributed by atoms with Crippen molar-refractivity contribution in [1.29, 1.82) is 0 Å². The number of rotatable bonds is 4. The number of nitrogens with zero attached hydrogens (tertiary/aromatic N) is 1. The number of aromatic nitrogens is 1. The molecule has 0 aliphatic rings. The van der Waals surface area contributed by atoms with Crippen molar-refractivity contribution in [3.8, 4) is 5.75 Å². The molecule has 108 valence electrons. The second kappa shape index (κ2) is 7.35. The van der Waals surface area contributed by atoms with Gasteiger partial charge in [0, 0.05) is 11.8 Å². The lowest BCUT2D eigenvalue weighted by atomic mass is 10.2. The number of ether oxygens (including phenoxy) is 1. The van der Waals surface area contributed by atoms with E-state index in [2.05, 4.69) is 15.6 Å². The second-order valence-electron chi connectivity index (χ2n) is 4.08. The average Bonchev–Trinajstić information content (AvgIpc) is 2.48. The van der Waals surface area contributed by atoms with Gasteiger partial charge in [0.2, 0.25) is 0 Å². The van der Waals surface area contributed by atoms with Gasteiger partial charge in [-0.05, 0) is 49.5 Å². The van der Waals surface area contributed by atoms with Crippen LogP contribution in [0.25, 0.3) is 0 Å². The van der Waals surface area contributed by atoms with Gasteiger partial charge in [0.25, 0.3) is 5.91 Å². The number of pyridine rings is 1. The third-order valence-corrected chi connectivity index (χ3v) is 2.74. The van der Waals surface area contributed by atoms with E-state index in [1.807, 2.05) is 13.0 Å². The third-order valence-electron chi connectivity index (χ3n) is 2.54. The van der Waals surface area contributed by atoms with E-state index in [0.717, 1.165) is 0 Å². The lowest BCUT2D eigenvalue weighted by Gasteiger charge is -2.09. The first-order valence-corrected chi connectivity index (χ1v) is 6.86. The standard InChI is InChI=1S/C15H15N3O2S/c1-2-20-12-7-5-6-11(10-12)14(19)18-15(21)17-13-8-3-4-9-16-13/h3-10H,2H2,1H3,(H2,16,17,18,19,21). The number of benzene rings is 1. The van der Waals surface area contributed by atoms with E-state index in [-0.39, 0.29) is 11.0 Å². The Morgan fingerprint density at radius 2 is 2.14 bits per heavy atom. The maximum atomic E-state index is 12.1. The Labute approximate surface area is 128 Å². The van der Waals surface area contributed by atoms with Crippen molar-refractivity contribution < 1.29 is 9.53 Å². The molecule has 1 amide bonds. The highest BCUT2D eigenvalue weighted by molar-refractivity contribution is 7.80. The summed E-state index contributed by atoms with van der Waals surface area (Å²) in [4.78, 5) is 16.2. The molecule has 0 atom stereocenters. The van der Waals surface area contributed by atoms with Crippen LogP contribution >= 0.6 is 12.2 Å².